The van der Waals surface area contributed by atoms with Crippen LogP contribution in [0, 0.1) is 5.41 Å². The highest BCUT2D eigenvalue weighted by Crippen LogP contribution is 2.25. The van der Waals surface area contributed by atoms with Gasteiger partial charge < -0.3 is 10.2 Å². The van der Waals surface area contributed by atoms with E-state index in [1.54, 1.807) is 12.1 Å². The lowest BCUT2D eigenvalue weighted by Gasteiger charge is -2.34. The first-order chi connectivity index (χ1) is 10.3. The van der Waals surface area contributed by atoms with E-state index >= 15 is 0 Å². The summed E-state index contributed by atoms with van der Waals surface area (Å²) in [6.07, 6.45) is 2.14. The predicted octanol–water partition coefficient (Wildman–Crippen LogP) is 1.42. The van der Waals surface area contributed by atoms with E-state index in [4.69, 9.17) is 0 Å². The van der Waals surface area contributed by atoms with Gasteiger partial charge in [0.05, 0.1) is 4.90 Å². The molecule has 124 valence electrons. The molecule has 0 spiro atoms. The Kier molecular flexibility index (Phi) is 5.60. The Bertz CT molecular complexity index is 576. The molecule has 0 bridgehead atoms. The zero-order chi connectivity index (χ0) is 16.2. The van der Waals surface area contributed by atoms with Crippen molar-refractivity contribution < 1.29 is 8.42 Å². The number of nitrogens with zero attached hydrogens (tertiary/aromatic N) is 1. The highest BCUT2D eigenvalue weighted by Gasteiger charge is 2.28. The van der Waals surface area contributed by atoms with Gasteiger partial charge in [0.15, 0.2) is 0 Å². The molecule has 2 N–H and O–H groups in total. The molecule has 1 aliphatic rings. The van der Waals surface area contributed by atoms with E-state index in [1.165, 1.54) is 0 Å². The summed E-state index contributed by atoms with van der Waals surface area (Å²) in [5.41, 5.74) is 1.10. The molecule has 1 unspecified atom stereocenters. The average Bonchev–Trinajstić information content (AvgIpc) is 2.46. The zero-order valence-corrected chi connectivity index (χ0v) is 14.5. The quantitative estimate of drug-likeness (QED) is 0.830. The van der Waals surface area contributed by atoms with Gasteiger partial charge in [-0.25, -0.2) is 13.1 Å². The summed E-state index contributed by atoms with van der Waals surface area (Å²) in [5.74, 6) is 0. The number of benzene rings is 1. The largest absolute Gasteiger partial charge is 0.316 e. The second kappa shape index (κ2) is 7.08. The monoisotopic (exact) mass is 325 g/mol. The van der Waals surface area contributed by atoms with Crippen molar-refractivity contribution in [1.29, 1.82) is 0 Å². The lowest BCUT2D eigenvalue weighted by molar-refractivity contribution is 0.238. The van der Waals surface area contributed by atoms with Gasteiger partial charge in [-0.15, -0.1) is 0 Å². The van der Waals surface area contributed by atoms with Crippen molar-refractivity contribution in [2.75, 3.05) is 33.7 Å². The van der Waals surface area contributed by atoms with Gasteiger partial charge in [0.25, 0.3) is 0 Å². The highest BCUT2D eigenvalue weighted by atomic mass is 32.2. The Balaban J connectivity index is 2.00. The summed E-state index contributed by atoms with van der Waals surface area (Å²) < 4.78 is 27.6. The first-order valence-electron chi connectivity index (χ1n) is 7.75. The fourth-order valence-electron chi connectivity index (χ4n) is 2.76. The van der Waals surface area contributed by atoms with Crippen LogP contribution in [0.1, 0.15) is 25.3 Å². The molecule has 0 aliphatic carbocycles. The molecule has 1 heterocycles. The van der Waals surface area contributed by atoms with Crippen LogP contribution in [0.25, 0.3) is 0 Å². The molecule has 1 aromatic carbocycles. The molecular formula is C16H27N3O2S. The van der Waals surface area contributed by atoms with Gasteiger partial charge in [-0.3, -0.25) is 0 Å². The smallest absolute Gasteiger partial charge is 0.240 e. The lowest BCUT2D eigenvalue weighted by atomic mass is 9.83. The van der Waals surface area contributed by atoms with Gasteiger partial charge in [0.2, 0.25) is 10.0 Å². The Morgan fingerprint density at radius 2 is 1.95 bits per heavy atom. The summed E-state index contributed by atoms with van der Waals surface area (Å²) in [7, 11) is 0.548. The second-order valence-corrected chi connectivity index (χ2v) is 8.56. The Morgan fingerprint density at radius 3 is 2.50 bits per heavy atom. The number of sulfonamides is 1. The average molecular weight is 325 g/mol. The Hall–Kier alpha value is -0.950. The molecule has 0 radical (unpaired) electrons. The summed E-state index contributed by atoms with van der Waals surface area (Å²) in [6, 6.07) is 7.11. The number of hydrogen-bond donors (Lipinski definition) is 2. The van der Waals surface area contributed by atoms with Crippen molar-refractivity contribution in [3.8, 4) is 0 Å². The van der Waals surface area contributed by atoms with Gasteiger partial charge in [-0.1, -0.05) is 19.1 Å². The first kappa shape index (κ1) is 17.4. The molecule has 2 rings (SSSR count). The second-order valence-electron chi connectivity index (χ2n) is 6.80. The normalized spacial score (nSPS) is 22.9. The third-order valence-corrected chi connectivity index (χ3v) is 5.52. The van der Waals surface area contributed by atoms with Crippen molar-refractivity contribution in [1.82, 2.24) is 14.9 Å². The van der Waals surface area contributed by atoms with Crippen molar-refractivity contribution in [3.63, 3.8) is 0 Å². The number of nitrogens with one attached hydrogen (secondary N) is 2. The maximum atomic E-state index is 12.4. The molecule has 1 saturated heterocycles. The number of hydrogen-bond acceptors (Lipinski definition) is 4. The third kappa shape index (κ3) is 4.78. The van der Waals surface area contributed by atoms with E-state index in [0.717, 1.165) is 38.0 Å². The standard InChI is InChI=1S/C16H27N3O2S/c1-16(9-4-10-17-12-16)13-18-22(20,21)15-7-5-14(6-8-15)11-19(2)3/h5-8,17-18H,4,9-13H2,1-3H3. The van der Waals surface area contributed by atoms with Gasteiger partial charge >= 0.3 is 0 Å². The van der Waals surface area contributed by atoms with Crippen molar-refractivity contribution in [2.24, 2.45) is 5.41 Å². The van der Waals surface area contributed by atoms with E-state index < -0.39 is 10.0 Å². The highest BCUT2D eigenvalue weighted by molar-refractivity contribution is 7.89. The molecule has 1 fully saturated rings. The summed E-state index contributed by atoms with van der Waals surface area (Å²) in [6.45, 7) is 5.29. The minimum atomic E-state index is -3.43. The number of piperidine rings is 1. The fraction of sp³-hybridized carbons (Fsp3) is 0.625. The van der Waals surface area contributed by atoms with Crippen LogP contribution in [0.15, 0.2) is 29.2 Å². The van der Waals surface area contributed by atoms with Crippen LogP contribution in [0.4, 0.5) is 0 Å². The maximum absolute atomic E-state index is 12.4. The molecule has 1 aliphatic heterocycles. The van der Waals surface area contributed by atoms with Crippen LogP contribution in [0.2, 0.25) is 0 Å². The van der Waals surface area contributed by atoms with Crippen molar-refractivity contribution >= 4 is 10.0 Å². The SMILES string of the molecule is CN(C)Cc1ccc(S(=O)(=O)NCC2(C)CCCNC2)cc1. The van der Waals surface area contributed by atoms with Gasteiger partial charge in [0, 0.05) is 19.6 Å². The van der Waals surface area contributed by atoms with Gasteiger partial charge in [0.1, 0.15) is 0 Å². The summed E-state index contributed by atoms with van der Waals surface area (Å²) >= 11 is 0. The minimum Gasteiger partial charge on any atom is -0.316 e. The predicted molar refractivity (Wildman–Crippen MR) is 89.2 cm³/mol. The van der Waals surface area contributed by atoms with Crippen molar-refractivity contribution in [3.05, 3.63) is 29.8 Å². The maximum Gasteiger partial charge on any atom is 0.240 e. The van der Waals surface area contributed by atoms with Crippen LogP contribution in [-0.4, -0.2) is 47.0 Å². The summed E-state index contributed by atoms with van der Waals surface area (Å²) in [5, 5.41) is 3.34. The van der Waals surface area contributed by atoms with E-state index in [9.17, 15) is 8.42 Å². The molecule has 0 aromatic heterocycles. The Labute approximate surface area is 134 Å². The van der Waals surface area contributed by atoms with Gasteiger partial charge in [-0.2, -0.15) is 0 Å². The van der Waals surface area contributed by atoms with Crippen LogP contribution < -0.4 is 10.0 Å². The Morgan fingerprint density at radius 1 is 1.27 bits per heavy atom. The summed E-state index contributed by atoms with van der Waals surface area (Å²) in [4.78, 5) is 2.39. The van der Waals surface area contributed by atoms with E-state index in [0.29, 0.717) is 11.4 Å². The fourth-order valence-corrected chi connectivity index (χ4v) is 3.96. The van der Waals surface area contributed by atoms with Crippen LogP contribution in [-0.2, 0) is 16.6 Å². The zero-order valence-electron chi connectivity index (χ0n) is 13.7. The topological polar surface area (TPSA) is 61.4 Å². The molecule has 1 atom stereocenters. The number of rotatable bonds is 6. The molecular weight excluding hydrogens is 298 g/mol. The van der Waals surface area contributed by atoms with E-state index in [2.05, 4.69) is 21.9 Å². The lowest BCUT2D eigenvalue weighted by Crippen LogP contribution is -2.45. The first-order valence-corrected chi connectivity index (χ1v) is 9.23. The molecule has 1 aromatic rings. The van der Waals surface area contributed by atoms with Crippen LogP contribution in [0.3, 0.4) is 0 Å². The van der Waals surface area contributed by atoms with Crippen LogP contribution >= 0.6 is 0 Å². The van der Waals surface area contributed by atoms with Gasteiger partial charge in [-0.05, 0) is 56.6 Å². The van der Waals surface area contributed by atoms with Crippen LogP contribution in [0.5, 0.6) is 0 Å². The third-order valence-electron chi connectivity index (χ3n) is 4.11. The van der Waals surface area contributed by atoms with E-state index in [-0.39, 0.29) is 5.41 Å². The molecule has 0 saturated carbocycles. The minimum absolute atomic E-state index is 0.00379. The van der Waals surface area contributed by atoms with E-state index in [1.807, 2.05) is 26.2 Å². The molecule has 6 heteroatoms. The van der Waals surface area contributed by atoms with Crippen molar-refractivity contribution in [2.45, 2.75) is 31.2 Å². The molecule has 0 amide bonds. The molecule has 5 nitrogen and oxygen atoms in total. The molecule has 22 heavy (non-hydrogen) atoms.